The van der Waals surface area contributed by atoms with E-state index in [4.69, 9.17) is 0 Å². The predicted octanol–water partition coefficient (Wildman–Crippen LogP) is 1.39. The summed E-state index contributed by atoms with van der Waals surface area (Å²) in [6, 6.07) is 21.5. The Labute approximate surface area is 162 Å². The SMILES string of the molecule is CC(C)N1[C]=C(c2ccccc2)N(C)C1c1ccccc1.[Au+].[Cl-].[HH]. The minimum atomic E-state index is 0. The van der Waals surface area contributed by atoms with Crippen LogP contribution in [0.4, 0.5) is 0 Å². The van der Waals surface area contributed by atoms with E-state index in [1.165, 1.54) is 11.1 Å². The number of nitrogens with zero attached hydrogens (tertiary/aromatic N) is 2. The van der Waals surface area contributed by atoms with Crippen LogP contribution in [-0.2, 0) is 22.4 Å². The van der Waals surface area contributed by atoms with Gasteiger partial charge < -0.3 is 22.2 Å². The molecule has 0 fully saturated rings. The average molecular weight is 512 g/mol. The Bertz CT molecular complexity index is 634. The van der Waals surface area contributed by atoms with Gasteiger partial charge in [0.1, 0.15) is 6.17 Å². The Kier molecular flexibility index (Phi) is 7.43. The number of rotatable bonds is 3. The summed E-state index contributed by atoms with van der Waals surface area (Å²) in [5, 5.41) is 0. The molecule has 0 aliphatic carbocycles. The summed E-state index contributed by atoms with van der Waals surface area (Å²) >= 11 is 0. The monoisotopic (exact) mass is 511 g/mol. The van der Waals surface area contributed by atoms with Crippen molar-refractivity contribution in [3.05, 3.63) is 78.0 Å². The molecule has 2 aromatic rings. The second-order valence-electron chi connectivity index (χ2n) is 5.72. The summed E-state index contributed by atoms with van der Waals surface area (Å²) in [5.41, 5.74) is 3.66. The molecular formula is C19H23AuClN2. The first-order chi connectivity index (χ1) is 10.2. The molecule has 2 nitrogen and oxygen atoms in total. The largest absolute Gasteiger partial charge is 1.00 e. The van der Waals surface area contributed by atoms with E-state index in [0.717, 1.165) is 5.70 Å². The van der Waals surface area contributed by atoms with Crippen molar-refractivity contribution in [2.45, 2.75) is 26.1 Å². The van der Waals surface area contributed by atoms with Gasteiger partial charge in [0.2, 0.25) is 0 Å². The standard InChI is InChI=1S/C19H21N2.Au.ClH.H2/c1-15(2)21-14-18(16-10-6-4-7-11-16)20(3)19(21)17-12-8-5-9-13-17;;;/h4-13,15,19H,1-3H3;;2*1H/q;+1;;/p-1. The van der Waals surface area contributed by atoms with Gasteiger partial charge in [-0.2, -0.15) is 0 Å². The van der Waals surface area contributed by atoms with E-state index in [1.54, 1.807) is 0 Å². The van der Waals surface area contributed by atoms with Crippen LogP contribution in [0, 0.1) is 6.20 Å². The molecule has 1 radical (unpaired) electrons. The molecule has 1 unspecified atom stereocenters. The zero-order valence-electron chi connectivity index (χ0n) is 13.5. The molecule has 1 atom stereocenters. The number of hydrogen-bond donors (Lipinski definition) is 0. The molecule has 0 amide bonds. The van der Waals surface area contributed by atoms with E-state index in [0.29, 0.717) is 6.04 Å². The number of benzene rings is 2. The molecule has 23 heavy (non-hydrogen) atoms. The van der Waals surface area contributed by atoms with Gasteiger partial charge in [-0.3, -0.25) is 0 Å². The van der Waals surface area contributed by atoms with Gasteiger partial charge in [-0.25, -0.2) is 0 Å². The molecule has 0 N–H and O–H groups in total. The van der Waals surface area contributed by atoms with Crippen LogP contribution in [0.25, 0.3) is 5.70 Å². The molecule has 1 aliphatic rings. The molecule has 0 spiro atoms. The van der Waals surface area contributed by atoms with Crippen LogP contribution in [0.1, 0.15) is 32.6 Å². The number of hydrogen-bond acceptors (Lipinski definition) is 2. The molecule has 0 bridgehead atoms. The van der Waals surface area contributed by atoms with E-state index in [2.05, 4.69) is 91.5 Å². The zero-order chi connectivity index (χ0) is 14.8. The van der Waals surface area contributed by atoms with Crippen LogP contribution in [0.5, 0.6) is 0 Å². The summed E-state index contributed by atoms with van der Waals surface area (Å²) in [6.45, 7) is 4.43. The molecule has 0 saturated carbocycles. The van der Waals surface area contributed by atoms with E-state index in [9.17, 15) is 0 Å². The van der Waals surface area contributed by atoms with Crippen molar-refractivity contribution in [1.82, 2.24) is 9.80 Å². The summed E-state index contributed by atoms with van der Waals surface area (Å²) in [7, 11) is 2.15. The maximum absolute atomic E-state index is 3.58. The van der Waals surface area contributed by atoms with Crippen molar-refractivity contribution < 1.29 is 36.2 Å². The van der Waals surface area contributed by atoms with Gasteiger partial charge in [-0.05, 0) is 19.4 Å². The zero-order valence-corrected chi connectivity index (χ0v) is 16.4. The molecule has 127 valence electrons. The topological polar surface area (TPSA) is 6.48 Å². The van der Waals surface area contributed by atoms with Crippen LogP contribution >= 0.6 is 0 Å². The van der Waals surface area contributed by atoms with Crippen molar-refractivity contribution in [3.63, 3.8) is 0 Å². The molecule has 4 heteroatoms. The number of halogens is 1. The maximum Gasteiger partial charge on any atom is 1.00 e. The first-order valence-electron chi connectivity index (χ1n) is 7.43. The Balaban J connectivity index is 0.00000176. The Morgan fingerprint density at radius 2 is 1.48 bits per heavy atom. The van der Waals surface area contributed by atoms with Gasteiger partial charge >= 0.3 is 22.4 Å². The molecule has 1 heterocycles. The molecule has 2 aromatic carbocycles. The molecule has 0 saturated heterocycles. The normalized spacial score (nSPS) is 16.7. The average Bonchev–Trinajstić information content (AvgIpc) is 2.87. The van der Waals surface area contributed by atoms with Gasteiger partial charge in [-0.1, -0.05) is 60.7 Å². The first kappa shape index (κ1) is 19.9. The predicted molar refractivity (Wildman–Crippen MR) is 89.1 cm³/mol. The fourth-order valence-corrected chi connectivity index (χ4v) is 2.86. The fraction of sp³-hybridized carbons (Fsp3) is 0.263. The van der Waals surface area contributed by atoms with Gasteiger partial charge in [0.25, 0.3) is 0 Å². The Hall–Kier alpha value is -1.19. The molecule has 1 aliphatic heterocycles. The van der Waals surface area contributed by atoms with Crippen molar-refractivity contribution in [2.24, 2.45) is 0 Å². The van der Waals surface area contributed by atoms with E-state index >= 15 is 0 Å². The van der Waals surface area contributed by atoms with Crippen LogP contribution < -0.4 is 12.4 Å². The van der Waals surface area contributed by atoms with Crippen molar-refractivity contribution in [3.8, 4) is 0 Å². The molecule has 3 rings (SSSR count). The van der Waals surface area contributed by atoms with E-state index in [1.807, 2.05) is 6.07 Å². The van der Waals surface area contributed by atoms with E-state index in [-0.39, 0.29) is 42.4 Å². The van der Waals surface area contributed by atoms with Crippen LogP contribution in [-0.4, -0.2) is 22.9 Å². The molecular weight excluding hydrogens is 489 g/mol. The van der Waals surface area contributed by atoms with Crippen LogP contribution in [0.15, 0.2) is 60.7 Å². The van der Waals surface area contributed by atoms with Gasteiger partial charge in [0, 0.05) is 20.1 Å². The summed E-state index contributed by atoms with van der Waals surface area (Å²) in [5.74, 6) is 0. The van der Waals surface area contributed by atoms with E-state index < -0.39 is 0 Å². The van der Waals surface area contributed by atoms with Crippen molar-refractivity contribution >= 4 is 5.70 Å². The third-order valence-electron chi connectivity index (χ3n) is 3.92. The minimum Gasteiger partial charge on any atom is -1.00 e. The first-order valence-corrected chi connectivity index (χ1v) is 7.43. The smallest absolute Gasteiger partial charge is 1.00 e. The third kappa shape index (κ3) is 4.02. The third-order valence-corrected chi connectivity index (χ3v) is 3.92. The second-order valence-corrected chi connectivity index (χ2v) is 5.72. The van der Waals surface area contributed by atoms with Crippen molar-refractivity contribution in [2.75, 3.05) is 7.05 Å². The summed E-state index contributed by atoms with van der Waals surface area (Å²) in [6.07, 6.45) is 3.79. The van der Waals surface area contributed by atoms with Gasteiger partial charge in [0.15, 0.2) is 0 Å². The van der Waals surface area contributed by atoms with Gasteiger partial charge in [0.05, 0.1) is 11.9 Å². The van der Waals surface area contributed by atoms with Crippen LogP contribution in [0.2, 0.25) is 0 Å². The summed E-state index contributed by atoms with van der Waals surface area (Å²) in [4.78, 5) is 4.61. The quantitative estimate of drug-likeness (QED) is 0.575. The van der Waals surface area contributed by atoms with Crippen molar-refractivity contribution in [1.29, 1.82) is 0 Å². The summed E-state index contributed by atoms with van der Waals surface area (Å²) < 4.78 is 0. The molecule has 0 aromatic heterocycles. The van der Waals surface area contributed by atoms with Crippen LogP contribution in [0.3, 0.4) is 0 Å². The maximum atomic E-state index is 3.58. The minimum absolute atomic E-state index is 0. The second kappa shape index (κ2) is 8.60. The Morgan fingerprint density at radius 3 is 2.00 bits per heavy atom. The Morgan fingerprint density at radius 1 is 0.957 bits per heavy atom. The van der Waals surface area contributed by atoms with Gasteiger partial charge in [-0.15, -0.1) is 0 Å². The fourth-order valence-electron chi connectivity index (χ4n) is 2.86.